The molecule has 1 saturated heterocycles. The molecule has 1 unspecified atom stereocenters. The lowest BCUT2D eigenvalue weighted by Crippen LogP contribution is -2.40. The van der Waals surface area contributed by atoms with Crippen LogP contribution in [0.5, 0.6) is 5.75 Å². The first-order chi connectivity index (χ1) is 13.0. The van der Waals surface area contributed by atoms with Gasteiger partial charge in [-0.25, -0.2) is 0 Å². The van der Waals surface area contributed by atoms with E-state index in [2.05, 4.69) is 10.2 Å². The number of hydrogen-bond donors (Lipinski definition) is 1. The Bertz CT molecular complexity index is 829. The lowest BCUT2D eigenvalue weighted by molar-refractivity contribution is -0.121. The molecule has 144 valence electrons. The van der Waals surface area contributed by atoms with Gasteiger partial charge in [0.05, 0.1) is 18.1 Å². The maximum Gasteiger partial charge on any atom is 0.228 e. The first kappa shape index (κ1) is 20.3. The number of benzene rings is 2. The number of carbonyl (C=O) groups is 1. The zero-order valence-electron chi connectivity index (χ0n) is 15.0. The van der Waals surface area contributed by atoms with Crippen molar-refractivity contribution < 1.29 is 9.53 Å². The third-order valence-electron chi connectivity index (χ3n) is 4.70. The van der Waals surface area contributed by atoms with Crippen LogP contribution in [0.3, 0.4) is 0 Å². The molecule has 0 radical (unpaired) electrons. The Hall–Kier alpha value is -1.46. The van der Waals surface area contributed by atoms with Gasteiger partial charge in [-0.05, 0) is 55.3 Å². The van der Waals surface area contributed by atoms with Crippen molar-refractivity contribution in [3.8, 4) is 5.75 Å². The van der Waals surface area contributed by atoms with Crippen molar-refractivity contribution in [3.05, 3.63) is 57.0 Å². The van der Waals surface area contributed by atoms with E-state index in [1.807, 2.05) is 12.1 Å². The average molecular weight is 428 g/mol. The second-order valence-corrected chi connectivity index (χ2v) is 7.90. The van der Waals surface area contributed by atoms with Crippen molar-refractivity contribution in [3.63, 3.8) is 0 Å². The SMILES string of the molecule is COc1ccc(NC(=O)C2CCCN(Cc3ccc(Cl)cc3Cl)C2)cc1Cl. The summed E-state index contributed by atoms with van der Waals surface area (Å²) in [4.78, 5) is 14.9. The molecule has 1 aliphatic rings. The summed E-state index contributed by atoms with van der Waals surface area (Å²) in [5.74, 6) is 0.507. The first-order valence-electron chi connectivity index (χ1n) is 8.77. The fourth-order valence-electron chi connectivity index (χ4n) is 3.29. The summed E-state index contributed by atoms with van der Waals surface area (Å²) in [5, 5.41) is 4.71. The Morgan fingerprint density at radius 2 is 2.00 bits per heavy atom. The summed E-state index contributed by atoms with van der Waals surface area (Å²) in [6.45, 7) is 2.33. The Balaban J connectivity index is 1.61. The second kappa shape index (κ2) is 9.16. The van der Waals surface area contributed by atoms with Gasteiger partial charge < -0.3 is 10.1 Å². The number of amides is 1. The van der Waals surface area contributed by atoms with E-state index in [0.29, 0.717) is 39.6 Å². The van der Waals surface area contributed by atoms with Crippen molar-refractivity contribution >= 4 is 46.4 Å². The summed E-state index contributed by atoms with van der Waals surface area (Å²) in [7, 11) is 1.56. The van der Waals surface area contributed by atoms with E-state index in [9.17, 15) is 4.79 Å². The third-order valence-corrected chi connectivity index (χ3v) is 5.59. The van der Waals surface area contributed by atoms with Gasteiger partial charge in [-0.2, -0.15) is 0 Å². The Morgan fingerprint density at radius 1 is 1.19 bits per heavy atom. The number of piperidine rings is 1. The van der Waals surface area contributed by atoms with E-state index in [-0.39, 0.29) is 11.8 Å². The number of ether oxygens (including phenoxy) is 1. The van der Waals surface area contributed by atoms with E-state index in [4.69, 9.17) is 39.5 Å². The number of likely N-dealkylation sites (tertiary alicyclic amines) is 1. The van der Waals surface area contributed by atoms with Crippen LogP contribution >= 0.6 is 34.8 Å². The molecule has 1 aliphatic heterocycles. The predicted octanol–water partition coefficient (Wildman–Crippen LogP) is 5.51. The lowest BCUT2D eigenvalue weighted by atomic mass is 9.96. The molecule has 1 N–H and O–H groups in total. The minimum Gasteiger partial charge on any atom is -0.495 e. The molecule has 0 bridgehead atoms. The molecule has 0 aliphatic carbocycles. The average Bonchev–Trinajstić information content (AvgIpc) is 2.64. The zero-order valence-corrected chi connectivity index (χ0v) is 17.2. The highest BCUT2D eigenvalue weighted by Crippen LogP contribution is 2.29. The van der Waals surface area contributed by atoms with E-state index < -0.39 is 0 Å². The van der Waals surface area contributed by atoms with Crippen molar-refractivity contribution in [1.82, 2.24) is 4.90 Å². The van der Waals surface area contributed by atoms with Gasteiger partial charge in [0.15, 0.2) is 0 Å². The normalized spacial score (nSPS) is 17.6. The highest BCUT2D eigenvalue weighted by Gasteiger charge is 2.26. The number of carbonyl (C=O) groups excluding carboxylic acids is 1. The Morgan fingerprint density at radius 3 is 2.70 bits per heavy atom. The van der Waals surface area contributed by atoms with E-state index >= 15 is 0 Å². The van der Waals surface area contributed by atoms with Gasteiger partial charge in [-0.3, -0.25) is 9.69 Å². The quantitative estimate of drug-likeness (QED) is 0.684. The summed E-state index contributed by atoms with van der Waals surface area (Å²) in [6, 6.07) is 10.8. The molecule has 1 heterocycles. The van der Waals surface area contributed by atoms with Gasteiger partial charge >= 0.3 is 0 Å². The molecule has 0 saturated carbocycles. The smallest absolute Gasteiger partial charge is 0.228 e. The van der Waals surface area contributed by atoms with Crippen LogP contribution in [-0.2, 0) is 11.3 Å². The standard InChI is InChI=1S/C20H21Cl3N2O2/c1-27-19-7-6-16(10-18(19)23)24-20(26)14-3-2-8-25(12-14)11-13-4-5-15(21)9-17(13)22/h4-7,9-10,14H,2-3,8,11-12H2,1H3,(H,24,26). The number of anilines is 1. The van der Waals surface area contributed by atoms with Gasteiger partial charge in [0, 0.05) is 28.8 Å². The molecule has 0 spiro atoms. The van der Waals surface area contributed by atoms with Gasteiger partial charge in [-0.15, -0.1) is 0 Å². The molecule has 4 nitrogen and oxygen atoms in total. The molecule has 7 heteroatoms. The number of methoxy groups -OCH3 is 1. The van der Waals surface area contributed by atoms with Crippen LogP contribution in [0.2, 0.25) is 15.1 Å². The number of nitrogens with zero attached hydrogens (tertiary/aromatic N) is 1. The molecule has 27 heavy (non-hydrogen) atoms. The number of nitrogens with one attached hydrogen (secondary N) is 1. The number of rotatable bonds is 5. The van der Waals surface area contributed by atoms with Gasteiger partial charge in [0.1, 0.15) is 5.75 Å². The highest BCUT2D eigenvalue weighted by atomic mass is 35.5. The fraction of sp³-hybridized carbons (Fsp3) is 0.350. The maximum atomic E-state index is 12.7. The second-order valence-electron chi connectivity index (χ2n) is 6.65. The summed E-state index contributed by atoms with van der Waals surface area (Å²) in [6.07, 6.45) is 1.83. The van der Waals surface area contributed by atoms with Gasteiger partial charge in [0.2, 0.25) is 5.91 Å². The monoisotopic (exact) mass is 426 g/mol. The van der Waals surface area contributed by atoms with Crippen LogP contribution < -0.4 is 10.1 Å². The first-order valence-corrected chi connectivity index (χ1v) is 9.90. The molecule has 2 aromatic rings. The minimum absolute atomic E-state index is 0.00290. The molecule has 1 amide bonds. The lowest BCUT2D eigenvalue weighted by Gasteiger charge is -2.32. The largest absolute Gasteiger partial charge is 0.495 e. The van der Waals surface area contributed by atoms with E-state index in [1.54, 1.807) is 31.4 Å². The van der Waals surface area contributed by atoms with Crippen LogP contribution in [0.1, 0.15) is 18.4 Å². The number of halogens is 3. The molecule has 2 aromatic carbocycles. The van der Waals surface area contributed by atoms with Gasteiger partial charge in [0.25, 0.3) is 0 Å². The Kier molecular flexibility index (Phi) is 6.88. The molecular weight excluding hydrogens is 407 g/mol. The maximum absolute atomic E-state index is 12.7. The van der Waals surface area contributed by atoms with Crippen molar-refractivity contribution in [2.24, 2.45) is 5.92 Å². The summed E-state index contributed by atoms with van der Waals surface area (Å²) >= 11 is 18.4. The van der Waals surface area contributed by atoms with E-state index in [1.165, 1.54) is 0 Å². The van der Waals surface area contributed by atoms with Crippen LogP contribution in [0.25, 0.3) is 0 Å². The van der Waals surface area contributed by atoms with Crippen LogP contribution in [0, 0.1) is 5.92 Å². The minimum atomic E-state index is -0.0781. The molecule has 1 fully saturated rings. The topological polar surface area (TPSA) is 41.6 Å². The fourth-order valence-corrected chi connectivity index (χ4v) is 4.02. The molecule has 3 rings (SSSR count). The zero-order chi connectivity index (χ0) is 19.4. The third kappa shape index (κ3) is 5.29. The van der Waals surface area contributed by atoms with Crippen LogP contribution in [0.15, 0.2) is 36.4 Å². The van der Waals surface area contributed by atoms with Crippen molar-refractivity contribution in [1.29, 1.82) is 0 Å². The van der Waals surface area contributed by atoms with Crippen molar-refractivity contribution in [2.45, 2.75) is 19.4 Å². The predicted molar refractivity (Wildman–Crippen MR) is 111 cm³/mol. The van der Waals surface area contributed by atoms with Crippen LogP contribution in [0.4, 0.5) is 5.69 Å². The Labute approximate surface area is 174 Å². The molecule has 0 aromatic heterocycles. The van der Waals surface area contributed by atoms with E-state index in [0.717, 1.165) is 24.9 Å². The molecule has 1 atom stereocenters. The van der Waals surface area contributed by atoms with Crippen LogP contribution in [-0.4, -0.2) is 31.0 Å². The highest BCUT2D eigenvalue weighted by molar-refractivity contribution is 6.35. The molecular formula is C20H21Cl3N2O2. The summed E-state index contributed by atoms with van der Waals surface area (Å²) in [5.41, 5.74) is 1.69. The number of hydrogen-bond acceptors (Lipinski definition) is 3. The van der Waals surface area contributed by atoms with Crippen molar-refractivity contribution in [2.75, 3.05) is 25.5 Å². The van der Waals surface area contributed by atoms with Gasteiger partial charge in [-0.1, -0.05) is 40.9 Å². The summed E-state index contributed by atoms with van der Waals surface area (Å²) < 4.78 is 5.14.